The van der Waals surface area contributed by atoms with E-state index in [1.165, 1.54) is 0 Å². The van der Waals surface area contributed by atoms with Crippen molar-refractivity contribution in [2.45, 2.75) is 26.6 Å². The Bertz CT molecular complexity index is 312. The number of aromatic nitrogens is 1. The van der Waals surface area contributed by atoms with E-state index in [0.29, 0.717) is 0 Å². The van der Waals surface area contributed by atoms with Crippen LogP contribution in [-0.2, 0) is 0 Å². The number of pyridine rings is 1. The second kappa shape index (κ2) is 4.51. The molecule has 0 aromatic carbocycles. The van der Waals surface area contributed by atoms with Crippen LogP contribution in [0, 0.1) is 0 Å². The largest absolute Gasteiger partial charge is 0.291 e. The summed E-state index contributed by atoms with van der Waals surface area (Å²) in [7, 11) is -1.07. The standard InChI is InChI=1S/C11H18N2Si/c1-10(13-9-14(2,3)4)11-7-5-6-8-12-11/h5-8H,9H2,1-4H3/b13-10+. The Morgan fingerprint density at radius 3 is 2.57 bits per heavy atom. The second-order valence-corrected chi connectivity index (χ2v) is 10.1. The van der Waals surface area contributed by atoms with Crippen LogP contribution in [0.4, 0.5) is 0 Å². The smallest absolute Gasteiger partial charge is 0.0836 e. The first-order valence-corrected chi connectivity index (χ1v) is 8.62. The molecule has 0 radical (unpaired) electrons. The summed E-state index contributed by atoms with van der Waals surface area (Å²) in [5.74, 6) is 0. The van der Waals surface area contributed by atoms with E-state index in [9.17, 15) is 0 Å². The van der Waals surface area contributed by atoms with E-state index >= 15 is 0 Å². The molecule has 3 heteroatoms. The highest BCUT2D eigenvalue weighted by atomic mass is 28.3. The number of rotatable bonds is 3. The highest BCUT2D eigenvalue weighted by Gasteiger charge is 2.11. The van der Waals surface area contributed by atoms with Gasteiger partial charge in [-0.1, -0.05) is 25.7 Å². The van der Waals surface area contributed by atoms with Gasteiger partial charge in [0.25, 0.3) is 0 Å². The molecule has 0 aliphatic carbocycles. The van der Waals surface area contributed by atoms with Gasteiger partial charge in [-0.25, -0.2) is 0 Å². The highest BCUT2D eigenvalue weighted by molar-refractivity contribution is 6.76. The number of aliphatic imine (C=N–C) groups is 1. The van der Waals surface area contributed by atoms with Gasteiger partial charge in [0.2, 0.25) is 0 Å². The number of hydrogen-bond donors (Lipinski definition) is 0. The summed E-state index contributed by atoms with van der Waals surface area (Å²) in [6.45, 7) is 9.00. The maximum Gasteiger partial charge on any atom is 0.0836 e. The molecule has 0 saturated heterocycles. The normalized spacial score (nSPS) is 13.0. The Kier molecular flexibility index (Phi) is 3.58. The van der Waals surface area contributed by atoms with Gasteiger partial charge in [0.15, 0.2) is 0 Å². The van der Waals surface area contributed by atoms with Crippen LogP contribution >= 0.6 is 0 Å². The monoisotopic (exact) mass is 206 g/mol. The maximum atomic E-state index is 4.58. The third-order valence-electron chi connectivity index (χ3n) is 1.83. The van der Waals surface area contributed by atoms with Gasteiger partial charge in [0, 0.05) is 12.4 Å². The fourth-order valence-electron chi connectivity index (χ4n) is 1.01. The van der Waals surface area contributed by atoms with Gasteiger partial charge >= 0.3 is 0 Å². The molecule has 0 saturated carbocycles. The van der Waals surface area contributed by atoms with Gasteiger partial charge in [-0.3, -0.25) is 9.98 Å². The van der Waals surface area contributed by atoms with Crippen LogP contribution in [0.2, 0.25) is 19.6 Å². The van der Waals surface area contributed by atoms with Crippen molar-refractivity contribution in [1.82, 2.24) is 4.98 Å². The number of nitrogens with zero attached hydrogens (tertiary/aromatic N) is 2. The van der Waals surface area contributed by atoms with E-state index in [0.717, 1.165) is 17.6 Å². The van der Waals surface area contributed by atoms with Crippen LogP contribution < -0.4 is 0 Å². The Morgan fingerprint density at radius 2 is 2.07 bits per heavy atom. The molecule has 14 heavy (non-hydrogen) atoms. The first kappa shape index (κ1) is 11.1. The quantitative estimate of drug-likeness (QED) is 0.551. The molecule has 0 bridgehead atoms. The van der Waals surface area contributed by atoms with Crippen LogP contribution in [-0.4, -0.2) is 24.9 Å². The SMILES string of the molecule is C/C(=N\C[Si](C)(C)C)c1ccccn1. The minimum atomic E-state index is -1.07. The molecule has 0 unspecified atom stereocenters. The van der Waals surface area contributed by atoms with E-state index in [1.54, 1.807) is 0 Å². The zero-order valence-corrected chi connectivity index (χ0v) is 10.4. The first-order chi connectivity index (χ1) is 6.49. The average Bonchev–Trinajstić information content (AvgIpc) is 2.14. The van der Waals surface area contributed by atoms with Gasteiger partial charge in [-0.2, -0.15) is 0 Å². The molecular weight excluding hydrogens is 188 g/mol. The molecule has 1 rings (SSSR count). The molecule has 0 amide bonds. The Balaban J connectivity index is 2.71. The van der Waals surface area contributed by atoms with Crippen LogP contribution in [0.25, 0.3) is 0 Å². The summed E-state index contributed by atoms with van der Waals surface area (Å²) in [5, 5.41) is 0. The van der Waals surface area contributed by atoms with E-state index in [1.807, 2.05) is 31.3 Å². The molecule has 0 fully saturated rings. The number of hydrogen-bond acceptors (Lipinski definition) is 2. The van der Waals surface area contributed by atoms with Crippen molar-refractivity contribution >= 4 is 13.8 Å². The van der Waals surface area contributed by atoms with E-state index in [-0.39, 0.29) is 0 Å². The molecule has 1 aromatic heterocycles. The third-order valence-corrected chi connectivity index (χ3v) is 2.93. The summed E-state index contributed by atoms with van der Waals surface area (Å²) >= 11 is 0. The lowest BCUT2D eigenvalue weighted by molar-refractivity contribution is 1.22. The van der Waals surface area contributed by atoms with Crippen LogP contribution in [0.15, 0.2) is 29.4 Å². The lowest BCUT2D eigenvalue weighted by atomic mass is 10.3. The average molecular weight is 206 g/mol. The predicted molar refractivity (Wildman–Crippen MR) is 64.7 cm³/mol. The van der Waals surface area contributed by atoms with Gasteiger partial charge in [0.05, 0.1) is 19.5 Å². The summed E-state index contributed by atoms with van der Waals surface area (Å²) in [4.78, 5) is 8.85. The van der Waals surface area contributed by atoms with Crippen molar-refractivity contribution in [1.29, 1.82) is 0 Å². The minimum absolute atomic E-state index is 0.982. The molecule has 0 aliphatic heterocycles. The van der Waals surface area contributed by atoms with Crippen molar-refractivity contribution in [2.24, 2.45) is 4.99 Å². The van der Waals surface area contributed by atoms with E-state index < -0.39 is 8.07 Å². The zero-order chi connectivity index (χ0) is 10.6. The predicted octanol–water partition coefficient (Wildman–Crippen LogP) is 2.77. The molecule has 0 aliphatic rings. The Hall–Kier alpha value is -0.963. The molecule has 0 spiro atoms. The first-order valence-electron chi connectivity index (χ1n) is 4.91. The lowest BCUT2D eigenvalue weighted by Crippen LogP contribution is -2.25. The molecule has 2 nitrogen and oxygen atoms in total. The Labute approximate surface area is 87.1 Å². The highest BCUT2D eigenvalue weighted by Crippen LogP contribution is 2.03. The van der Waals surface area contributed by atoms with Gasteiger partial charge < -0.3 is 0 Å². The van der Waals surface area contributed by atoms with E-state index in [2.05, 4.69) is 29.6 Å². The van der Waals surface area contributed by atoms with Crippen molar-refractivity contribution in [3.8, 4) is 0 Å². The van der Waals surface area contributed by atoms with Crippen molar-refractivity contribution in [3.63, 3.8) is 0 Å². The second-order valence-electron chi connectivity index (χ2n) is 4.68. The summed E-state index contributed by atoms with van der Waals surface area (Å²) in [5.41, 5.74) is 2.04. The Morgan fingerprint density at radius 1 is 1.36 bits per heavy atom. The minimum Gasteiger partial charge on any atom is -0.291 e. The molecule has 1 heterocycles. The maximum absolute atomic E-state index is 4.58. The van der Waals surface area contributed by atoms with Crippen LogP contribution in [0.1, 0.15) is 12.6 Å². The molecular formula is C11H18N2Si. The van der Waals surface area contributed by atoms with Gasteiger partial charge in [-0.05, 0) is 19.1 Å². The van der Waals surface area contributed by atoms with Gasteiger partial charge in [0.1, 0.15) is 0 Å². The van der Waals surface area contributed by atoms with Crippen LogP contribution in [0.3, 0.4) is 0 Å². The summed E-state index contributed by atoms with van der Waals surface area (Å²) < 4.78 is 0. The topological polar surface area (TPSA) is 25.2 Å². The third kappa shape index (κ3) is 3.83. The summed E-state index contributed by atoms with van der Waals surface area (Å²) in [6.07, 6.45) is 2.79. The van der Waals surface area contributed by atoms with Gasteiger partial charge in [-0.15, -0.1) is 0 Å². The molecule has 0 atom stereocenters. The fourth-order valence-corrected chi connectivity index (χ4v) is 1.73. The van der Waals surface area contributed by atoms with E-state index in [4.69, 9.17) is 0 Å². The van der Waals surface area contributed by atoms with Crippen molar-refractivity contribution < 1.29 is 0 Å². The zero-order valence-electron chi connectivity index (χ0n) is 9.41. The summed E-state index contributed by atoms with van der Waals surface area (Å²) in [6, 6.07) is 5.92. The fraction of sp³-hybridized carbons (Fsp3) is 0.455. The molecule has 76 valence electrons. The van der Waals surface area contributed by atoms with Crippen molar-refractivity contribution in [2.75, 3.05) is 6.17 Å². The molecule has 1 aromatic rings. The molecule has 0 N–H and O–H groups in total. The van der Waals surface area contributed by atoms with Crippen LogP contribution in [0.5, 0.6) is 0 Å². The van der Waals surface area contributed by atoms with Crippen molar-refractivity contribution in [3.05, 3.63) is 30.1 Å². The lowest BCUT2D eigenvalue weighted by Gasteiger charge is -2.12.